The second-order valence-corrected chi connectivity index (χ2v) is 3.27. The zero-order valence-electron chi connectivity index (χ0n) is 6.21. The molecule has 0 bridgehead atoms. The minimum Gasteiger partial charge on any atom is -0.185 e. The quantitative estimate of drug-likeness (QED) is 0.409. The monoisotopic (exact) mass is 219 g/mol. The molecule has 0 saturated carbocycles. The number of nitrogens with zero attached hydrogens (tertiary/aromatic N) is 1. The Kier molecular flexibility index (Phi) is 8.47. The molecule has 0 unspecified atom stereocenters. The Labute approximate surface area is 86.3 Å². The van der Waals surface area contributed by atoms with Gasteiger partial charge in [0.1, 0.15) is 5.40 Å². The zero-order valence-corrected chi connectivity index (χ0v) is 8.53. The van der Waals surface area contributed by atoms with Crippen molar-refractivity contribution in [3.8, 4) is 5.40 Å². The Morgan fingerprint density at radius 1 is 1.25 bits per heavy atom. The van der Waals surface area contributed by atoms with Crippen LogP contribution < -0.4 is 0 Å². The van der Waals surface area contributed by atoms with Gasteiger partial charge in [-0.05, 0) is 23.9 Å². The van der Waals surface area contributed by atoms with Crippen molar-refractivity contribution >= 4 is 35.0 Å². The first-order valence-electron chi connectivity index (χ1n) is 3.08. The number of rotatable bonds is 1. The maximum absolute atomic E-state index is 8.23. The van der Waals surface area contributed by atoms with E-state index in [9.17, 15) is 0 Å². The van der Waals surface area contributed by atoms with Gasteiger partial charge in [-0.25, -0.2) is 0 Å². The molecule has 0 heterocycles. The van der Waals surface area contributed by atoms with Crippen LogP contribution in [-0.2, 0) is 0 Å². The van der Waals surface area contributed by atoms with E-state index in [1.807, 2.05) is 35.7 Å². The van der Waals surface area contributed by atoms with Gasteiger partial charge in [-0.2, -0.15) is 5.26 Å². The summed E-state index contributed by atoms with van der Waals surface area (Å²) in [4.78, 5) is 1.00. The lowest BCUT2D eigenvalue weighted by Crippen LogP contribution is -1.62. The molecule has 0 aromatic heterocycles. The summed E-state index contributed by atoms with van der Waals surface area (Å²) in [7, 11) is 0. The van der Waals surface area contributed by atoms with Crippen molar-refractivity contribution in [2.45, 2.75) is 4.90 Å². The Balaban J connectivity index is 0.000000354. The zero-order chi connectivity index (χ0) is 9.23. The molecule has 1 aromatic carbocycles. The lowest BCUT2D eigenvalue weighted by Gasteiger charge is -1.86. The van der Waals surface area contributed by atoms with Crippen molar-refractivity contribution in [1.82, 2.24) is 0 Å². The van der Waals surface area contributed by atoms with Crippen LogP contribution in [0, 0.1) is 10.7 Å². The lowest BCUT2D eigenvalue weighted by molar-refractivity contribution is 1.47. The summed E-state index contributed by atoms with van der Waals surface area (Å²) in [6, 6.07) is 9.59. The largest absolute Gasteiger partial charge is 0.185 e. The molecule has 12 heavy (non-hydrogen) atoms. The van der Waals surface area contributed by atoms with Gasteiger partial charge in [-0.15, -0.1) is 23.2 Å². The highest BCUT2D eigenvalue weighted by Crippen LogP contribution is 2.13. The molecule has 0 aliphatic rings. The number of benzene rings is 1. The maximum atomic E-state index is 8.23. The predicted octanol–water partition coefficient (Wildman–Crippen LogP) is 3.68. The molecule has 0 aliphatic carbocycles. The van der Waals surface area contributed by atoms with Crippen molar-refractivity contribution < 1.29 is 0 Å². The van der Waals surface area contributed by atoms with E-state index in [0.29, 0.717) is 0 Å². The summed E-state index contributed by atoms with van der Waals surface area (Å²) in [5.41, 5.74) is 0. The van der Waals surface area contributed by atoms with Gasteiger partial charge in [-0.1, -0.05) is 18.2 Å². The smallest absolute Gasteiger partial charge is 0.138 e. The fraction of sp³-hybridized carbons (Fsp3) is 0.125. The van der Waals surface area contributed by atoms with E-state index in [2.05, 4.69) is 0 Å². The van der Waals surface area contributed by atoms with Crippen molar-refractivity contribution in [1.29, 1.82) is 5.26 Å². The Bertz CT molecular complexity index is 233. The van der Waals surface area contributed by atoms with Crippen LogP contribution >= 0.6 is 35.0 Å². The third kappa shape index (κ3) is 6.36. The van der Waals surface area contributed by atoms with Crippen molar-refractivity contribution in [3.63, 3.8) is 0 Å². The highest BCUT2D eigenvalue weighted by Gasteiger charge is 1.85. The van der Waals surface area contributed by atoms with Crippen molar-refractivity contribution in [3.05, 3.63) is 30.3 Å². The average Bonchev–Trinajstić information content (AvgIpc) is 2.08. The molecular formula is C8H7Cl2NS. The second kappa shape index (κ2) is 8.73. The predicted molar refractivity (Wildman–Crippen MR) is 54.5 cm³/mol. The number of halogens is 2. The highest BCUT2D eigenvalue weighted by atomic mass is 35.5. The molecule has 4 heteroatoms. The minimum absolute atomic E-state index is 0.194. The topological polar surface area (TPSA) is 23.8 Å². The molecule has 0 fully saturated rings. The van der Waals surface area contributed by atoms with E-state index in [1.54, 1.807) is 0 Å². The molecule has 1 aromatic rings. The number of alkyl halides is 2. The summed E-state index contributed by atoms with van der Waals surface area (Å²) in [6.07, 6.45) is 0. The maximum Gasteiger partial charge on any atom is 0.138 e. The van der Waals surface area contributed by atoms with Gasteiger partial charge in [0.15, 0.2) is 0 Å². The van der Waals surface area contributed by atoms with Crippen LogP contribution in [0.25, 0.3) is 0 Å². The van der Waals surface area contributed by atoms with Crippen LogP contribution in [0.2, 0.25) is 0 Å². The van der Waals surface area contributed by atoms with Gasteiger partial charge >= 0.3 is 0 Å². The first-order valence-corrected chi connectivity index (χ1v) is 4.96. The lowest BCUT2D eigenvalue weighted by atomic mass is 10.4. The van der Waals surface area contributed by atoms with Crippen molar-refractivity contribution in [2.24, 2.45) is 0 Å². The molecule has 0 aliphatic heterocycles. The second-order valence-electron chi connectivity index (χ2n) is 1.61. The molecule has 1 rings (SSSR count). The first-order chi connectivity index (χ1) is 5.85. The van der Waals surface area contributed by atoms with E-state index in [4.69, 9.17) is 28.5 Å². The Hall–Kier alpha value is -0.360. The fourth-order valence-electron chi connectivity index (χ4n) is 0.541. The molecule has 0 N–H and O–H groups in total. The third-order valence-electron chi connectivity index (χ3n) is 0.907. The highest BCUT2D eigenvalue weighted by molar-refractivity contribution is 8.03. The van der Waals surface area contributed by atoms with E-state index in [-0.39, 0.29) is 5.34 Å². The standard InChI is InChI=1S/C7H5NS.CH2Cl2/c8-6-9-7-4-2-1-3-5-7;2-1-3/h1-5H;1H2. The van der Waals surface area contributed by atoms with Gasteiger partial charge in [0.25, 0.3) is 0 Å². The van der Waals surface area contributed by atoms with Gasteiger partial charge < -0.3 is 0 Å². The Morgan fingerprint density at radius 2 is 1.75 bits per heavy atom. The summed E-state index contributed by atoms with van der Waals surface area (Å²) in [5.74, 6) is 0. The molecule has 1 nitrogen and oxygen atoms in total. The summed E-state index contributed by atoms with van der Waals surface area (Å²) < 4.78 is 0. The van der Waals surface area contributed by atoms with Gasteiger partial charge in [-0.3, -0.25) is 0 Å². The van der Waals surface area contributed by atoms with Gasteiger partial charge in [0.05, 0.1) is 5.34 Å². The fourth-order valence-corrected chi connectivity index (χ4v) is 0.940. The number of thiocyanates is 1. The van der Waals surface area contributed by atoms with Crippen LogP contribution in [0.4, 0.5) is 0 Å². The van der Waals surface area contributed by atoms with E-state index >= 15 is 0 Å². The van der Waals surface area contributed by atoms with Crippen LogP contribution in [-0.4, -0.2) is 5.34 Å². The van der Waals surface area contributed by atoms with Crippen LogP contribution in [0.3, 0.4) is 0 Å². The average molecular weight is 220 g/mol. The minimum atomic E-state index is 0.194. The molecule has 64 valence electrons. The molecule has 0 amide bonds. The number of nitriles is 1. The Morgan fingerprint density at radius 3 is 2.17 bits per heavy atom. The summed E-state index contributed by atoms with van der Waals surface area (Å²) in [6.45, 7) is 0. The van der Waals surface area contributed by atoms with Crippen LogP contribution in [0.1, 0.15) is 0 Å². The van der Waals surface area contributed by atoms with Gasteiger partial charge in [0.2, 0.25) is 0 Å². The van der Waals surface area contributed by atoms with Crippen LogP contribution in [0.15, 0.2) is 35.2 Å². The first kappa shape index (κ1) is 11.6. The number of hydrogen-bond donors (Lipinski definition) is 0. The van der Waals surface area contributed by atoms with E-state index < -0.39 is 0 Å². The SMILES string of the molecule is ClCCl.N#CSc1ccccc1. The van der Waals surface area contributed by atoms with Crippen LogP contribution in [0.5, 0.6) is 0 Å². The van der Waals surface area contributed by atoms with Crippen molar-refractivity contribution in [2.75, 3.05) is 5.34 Å². The normalized spacial score (nSPS) is 7.75. The third-order valence-corrected chi connectivity index (χ3v) is 1.51. The molecular weight excluding hydrogens is 213 g/mol. The molecule has 0 spiro atoms. The number of thioether (sulfide) groups is 1. The molecule has 0 atom stereocenters. The molecule has 0 saturated heterocycles. The van der Waals surface area contributed by atoms with E-state index in [0.717, 1.165) is 4.90 Å². The molecule has 0 radical (unpaired) electrons. The number of hydrogen-bond acceptors (Lipinski definition) is 2. The summed E-state index contributed by atoms with van der Waals surface area (Å²) >= 11 is 10.7. The van der Waals surface area contributed by atoms with Gasteiger partial charge in [0, 0.05) is 4.90 Å². The van der Waals surface area contributed by atoms with E-state index in [1.165, 1.54) is 11.8 Å². The summed E-state index contributed by atoms with van der Waals surface area (Å²) in [5, 5.41) is 10.4.